The van der Waals surface area contributed by atoms with Gasteiger partial charge in [0, 0.05) is 19.3 Å². The van der Waals surface area contributed by atoms with Gasteiger partial charge in [0.2, 0.25) is 0 Å². The van der Waals surface area contributed by atoms with Gasteiger partial charge in [-0.3, -0.25) is 14.4 Å². The van der Waals surface area contributed by atoms with Crippen molar-refractivity contribution in [3.05, 3.63) is 24.3 Å². The van der Waals surface area contributed by atoms with E-state index in [1.165, 1.54) is 161 Å². The van der Waals surface area contributed by atoms with Crippen LogP contribution in [0.2, 0.25) is 0 Å². The lowest BCUT2D eigenvalue weighted by Crippen LogP contribution is -2.30. The Balaban J connectivity index is 4.36. The summed E-state index contributed by atoms with van der Waals surface area (Å²) in [6, 6.07) is 0. The van der Waals surface area contributed by atoms with Gasteiger partial charge in [0.25, 0.3) is 0 Å². The van der Waals surface area contributed by atoms with Gasteiger partial charge in [-0.05, 0) is 70.6 Å². The number of carbonyl (C=O) groups is 3. The van der Waals surface area contributed by atoms with Gasteiger partial charge >= 0.3 is 17.9 Å². The maximum atomic E-state index is 12.8. The Morgan fingerprint density at radius 3 is 0.897 bits per heavy atom. The number of esters is 3. The Labute approximate surface area is 360 Å². The monoisotopic (exact) mass is 817 g/mol. The third-order valence-corrected chi connectivity index (χ3v) is 11.2. The maximum Gasteiger partial charge on any atom is 0.306 e. The zero-order valence-corrected chi connectivity index (χ0v) is 38.8. The lowest BCUT2D eigenvalue weighted by Gasteiger charge is -2.18. The van der Waals surface area contributed by atoms with Crippen LogP contribution in [0.15, 0.2) is 24.3 Å². The largest absolute Gasteiger partial charge is 0.462 e. The molecule has 0 aromatic heterocycles. The molecule has 340 valence electrons. The van der Waals surface area contributed by atoms with E-state index in [9.17, 15) is 14.4 Å². The average molecular weight is 817 g/mol. The zero-order chi connectivity index (χ0) is 42.3. The molecule has 0 aromatic rings. The fourth-order valence-electron chi connectivity index (χ4n) is 7.31. The van der Waals surface area contributed by atoms with Crippen LogP contribution in [-0.4, -0.2) is 37.2 Å². The molecule has 0 spiro atoms. The van der Waals surface area contributed by atoms with Gasteiger partial charge in [0.15, 0.2) is 6.10 Å². The van der Waals surface area contributed by atoms with Crippen LogP contribution < -0.4 is 0 Å². The quantitative estimate of drug-likeness (QED) is 0.0263. The molecule has 0 rings (SSSR count). The van der Waals surface area contributed by atoms with Crippen molar-refractivity contribution in [3.63, 3.8) is 0 Å². The molecule has 6 heteroatoms. The van der Waals surface area contributed by atoms with Gasteiger partial charge in [-0.15, -0.1) is 0 Å². The molecule has 0 saturated heterocycles. The van der Waals surface area contributed by atoms with Crippen molar-refractivity contribution < 1.29 is 28.6 Å². The molecule has 0 N–H and O–H groups in total. The fraction of sp³-hybridized carbons (Fsp3) is 0.865. The van der Waals surface area contributed by atoms with Crippen LogP contribution in [0, 0.1) is 0 Å². The Morgan fingerprint density at radius 2 is 0.569 bits per heavy atom. The first-order chi connectivity index (χ1) is 28.5. The molecule has 0 aromatic carbocycles. The number of allylic oxidation sites excluding steroid dienone is 4. The molecule has 0 radical (unpaired) electrons. The van der Waals surface area contributed by atoms with E-state index >= 15 is 0 Å². The second-order valence-corrected chi connectivity index (χ2v) is 17.1. The van der Waals surface area contributed by atoms with Gasteiger partial charge in [0.1, 0.15) is 13.2 Å². The number of ether oxygens (including phenoxy) is 3. The second-order valence-electron chi connectivity index (χ2n) is 17.1. The van der Waals surface area contributed by atoms with Crippen molar-refractivity contribution in [3.8, 4) is 0 Å². The Hall–Kier alpha value is -2.11. The summed E-state index contributed by atoms with van der Waals surface area (Å²) in [6.07, 6.45) is 53.0. The van der Waals surface area contributed by atoms with Gasteiger partial charge in [-0.1, -0.05) is 206 Å². The summed E-state index contributed by atoms with van der Waals surface area (Å²) in [5.74, 6) is -0.881. The molecule has 0 aliphatic heterocycles. The predicted molar refractivity (Wildman–Crippen MR) is 247 cm³/mol. The second kappa shape index (κ2) is 47.6. The number of carbonyl (C=O) groups excluding carboxylic acids is 3. The first-order valence-electron chi connectivity index (χ1n) is 25.3. The van der Waals surface area contributed by atoms with Crippen LogP contribution in [0.1, 0.15) is 271 Å². The highest BCUT2D eigenvalue weighted by molar-refractivity contribution is 5.71. The molecular weight excluding hydrogens is 721 g/mol. The minimum atomic E-state index is -0.772. The van der Waals surface area contributed by atoms with Gasteiger partial charge < -0.3 is 14.2 Å². The summed E-state index contributed by atoms with van der Waals surface area (Å²) < 4.78 is 16.8. The first kappa shape index (κ1) is 55.9. The summed E-state index contributed by atoms with van der Waals surface area (Å²) in [4.78, 5) is 37.9. The fourth-order valence-corrected chi connectivity index (χ4v) is 7.31. The van der Waals surface area contributed by atoms with E-state index in [2.05, 4.69) is 45.1 Å². The van der Waals surface area contributed by atoms with Crippen molar-refractivity contribution in [2.75, 3.05) is 13.2 Å². The van der Waals surface area contributed by atoms with E-state index in [-0.39, 0.29) is 31.1 Å². The lowest BCUT2D eigenvalue weighted by molar-refractivity contribution is -0.167. The van der Waals surface area contributed by atoms with Crippen LogP contribution in [0.25, 0.3) is 0 Å². The molecule has 0 heterocycles. The minimum Gasteiger partial charge on any atom is -0.462 e. The van der Waals surface area contributed by atoms with E-state index in [0.29, 0.717) is 19.3 Å². The molecule has 0 aliphatic carbocycles. The molecule has 0 fully saturated rings. The van der Waals surface area contributed by atoms with Gasteiger partial charge in [-0.2, -0.15) is 0 Å². The molecule has 0 saturated carbocycles. The van der Waals surface area contributed by atoms with Crippen molar-refractivity contribution >= 4 is 17.9 Å². The van der Waals surface area contributed by atoms with Crippen molar-refractivity contribution in [2.24, 2.45) is 0 Å². The third kappa shape index (κ3) is 45.0. The summed E-state index contributed by atoms with van der Waals surface area (Å²) in [5.41, 5.74) is 0. The van der Waals surface area contributed by atoms with Crippen molar-refractivity contribution in [1.29, 1.82) is 0 Å². The minimum absolute atomic E-state index is 0.0748. The highest BCUT2D eigenvalue weighted by Crippen LogP contribution is 2.15. The summed E-state index contributed by atoms with van der Waals surface area (Å²) in [6.45, 7) is 6.61. The standard InChI is InChI=1S/C52H96O6/c1-4-7-10-13-16-19-22-25-26-28-30-33-36-39-42-45-51(54)57-48-49(47-56-50(53)44-41-38-35-32-29-24-21-18-15-12-9-6-3)58-52(55)46-43-40-37-34-31-27-23-20-17-14-11-8-5-2/h18,21,25-26,49H,4-17,19-20,22-24,27-48H2,1-3H3/b21-18-,26-25-. The normalized spacial score (nSPS) is 12.1. The zero-order valence-electron chi connectivity index (χ0n) is 38.8. The van der Waals surface area contributed by atoms with Crippen LogP contribution >= 0.6 is 0 Å². The van der Waals surface area contributed by atoms with Gasteiger partial charge in [0.05, 0.1) is 0 Å². The molecule has 0 aliphatic rings. The molecule has 1 unspecified atom stereocenters. The Morgan fingerprint density at radius 1 is 0.328 bits per heavy atom. The first-order valence-corrected chi connectivity index (χ1v) is 25.3. The lowest BCUT2D eigenvalue weighted by atomic mass is 10.0. The average Bonchev–Trinajstić information content (AvgIpc) is 3.22. The number of unbranched alkanes of at least 4 members (excludes halogenated alkanes) is 31. The van der Waals surface area contributed by atoms with Crippen molar-refractivity contribution in [1.82, 2.24) is 0 Å². The molecule has 6 nitrogen and oxygen atoms in total. The summed E-state index contributed by atoms with van der Waals surface area (Å²) in [5, 5.41) is 0. The van der Waals surface area contributed by atoms with Gasteiger partial charge in [-0.25, -0.2) is 0 Å². The van der Waals surface area contributed by atoms with E-state index < -0.39 is 6.10 Å². The Kier molecular flexibility index (Phi) is 45.8. The number of hydrogen-bond acceptors (Lipinski definition) is 6. The van der Waals surface area contributed by atoms with Crippen LogP contribution in [0.4, 0.5) is 0 Å². The summed E-state index contributed by atoms with van der Waals surface area (Å²) >= 11 is 0. The van der Waals surface area contributed by atoms with E-state index in [1.54, 1.807) is 0 Å². The predicted octanol–water partition coefficient (Wildman–Crippen LogP) is 16.4. The van der Waals surface area contributed by atoms with Crippen molar-refractivity contribution in [2.45, 2.75) is 277 Å². The highest BCUT2D eigenvalue weighted by Gasteiger charge is 2.19. The SMILES string of the molecule is CCCCC/C=C\CCCCCCCC(=O)OCC(COC(=O)CCCCCCC/C=C\CCCCCCCC)OC(=O)CCCCCCCCCCCCCCC. The van der Waals surface area contributed by atoms with Crippen LogP contribution in [0.3, 0.4) is 0 Å². The molecular formula is C52H96O6. The summed E-state index contributed by atoms with van der Waals surface area (Å²) in [7, 11) is 0. The van der Waals surface area contributed by atoms with E-state index in [1.807, 2.05) is 0 Å². The van der Waals surface area contributed by atoms with E-state index in [0.717, 1.165) is 70.6 Å². The number of hydrogen-bond donors (Lipinski definition) is 0. The molecule has 1 atom stereocenters. The van der Waals surface area contributed by atoms with Crippen LogP contribution in [0.5, 0.6) is 0 Å². The van der Waals surface area contributed by atoms with E-state index in [4.69, 9.17) is 14.2 Å². The third-order valence-electron chi connectivity index (χ3n) is 11.2. The smallest absolute Gasteiger partial charge is 0.306 e. The number of rotatable bonds is 46. The Bertz CT molecular complexity index is 942. The molecule has 0 bridgehead atoms. The molecule has 58 heavy (non-hydrogen) atoms. The maximum absolute atomic E-state index is 12.8. The van der Waals surface area contributed by atoms with Crippen LogP contribution in [-0.2, 0) is 28.6 Å². The molecule has 0 amide bonds. The highest BCUT2D eigenvalue weighted by atomic mass is 16.6. The topological polar surface area (TPSA) is 78.9 Å².